The van der Waals surface area contributed by atoms with E-state index < -0.39 is 0 Å². The van der Waals surface area contributed by atoms with Crippen molar-refractivity contribution in [3.8, 4) is 0 Å². The van der Waals surface area contributed by atoms with Crippen molar-refractivity contribution in [2.75, 3.05) is 11.1 Å². The Morgan fingerprint density at radius 1 is 1.47 bits per heavy atom. The molecule has 0 aliphatic carbocycles. The molecule has 0 atom stereocenters. The number of hydrogen-bond donors (Lipinski definition) is 2. The minimum Gasteiger partial charge on any atom is -0.397 e. The molecule has 0 radical (unpaired) electrons. The molecule has 2 rings (SSSR count). The molecule has 0 unspecified atom stereocenters. The molecule has 78 valence electrons. The topological polar surface area (TPSA) is 89.9 Å². The van der Waals surface area contributed by atoms with Gasteiger partial charge in [0, 0.05) is 6.20 Å². The highest BCUT2D eigenvalue weighted by molar-refractivity contribution is 5.51. The predicted molar refractivity (Wildman–Crippen MR) is 55.0 cm³/mol. The molecule has 3 N–H and O–H groups in total. The largest absolute Gasteiger partial charge is 0.397 e. The lowest BCUT2D eigenvalue weighted by molar-refractivity contribution is 0.379. The van der Waals surface area contributed by atoms with Gasteiger partial charge in [-0.3, -0.25) is 4.98 Å². The van der Waals surface area contributed by atoms with Crippen LogP contribution in [0.2, 0.25) is 0 Å². The van der Waals surface area contributed by atoms with Crippen molar-refractivity contribution in [1.82, 2.24) is 15.1 Å². The quantitative estimate of drug-likeness (QED) is 0.775. The number of nitrogens with two attached hydrogens (primary N) is 1. The third-order valence-electron chi connectivity index (χ3n) is 1.77. The molecule has 6 nitrogen and oxygen atoms in total. The fraction of sp³-hybridized carbons (Fsp3) is 0.222. The highest BCUT2D eigenvalue weighted by Crippen LogP contribution is 2.10. The number of rotatable bonds is 3. The molecule has 0 aliphatic heterocycles. The van der Waals surface area contributed by atoms with Crippen molar-refractivity contribution < 1.29 is 4.52 Å². The summed E-state index contributed by atoms with van der Waals surface area (Å²) in [7, 11) is 0. The van der Waals surface area contributed by atoms with E-state index in [9.17, 15) is 0 Å². The van der Waals surface area contributed by atoms with E-state index in [-0.39, 0.29) is 0 Å². The van der Waals surface area contributed by atoms with Gasteiger partial charge >= 0.3 is 0 Å². The zero-order valence-corrected chi connectivity index (χ0v) is 8.27. The SMILES string of the molecule is Cc1noc(CNc2cncc(N)c2)n1. The van der Waals surface area contributed by atoms with Crippen molar-refractivity contribution in [1.29, 1.82) is 0 Å². The molecule has 6 heteroatoms. The first-order valence-corrected chi connectivity index (χ1v) is 4.47. The van der Waals surface area contributed by atoms with Crippen LogP contribution in [-0.4, -0.2) is 15.1 Å². The Balaban J connectivity index is 1.99. The molecule has 0 saturated heterocycles. The molecule has 2 heterocycles. The molecular formula is C9H11N5O. The normalized spacial score (nSPS) is 10.2. The summed E-state index contributed by atoms with van der Waals surface area (Å²) in [5.74, 6) is 1.16. The van der Waals surface area contributed by atoms with Crippen molar-refractivity contribution in [2.45, 2.75) is 13.5 Å². The number of nitrogen functional groups attached to an aromatic ring is 1. The molecule has 0 amide bonds. The Morgan fingerprint density at radius 3 is 3.00 bits per heavy atom. The lowest BCUT2D eigenvalue weighted by Gasteiger charge is -2.02. The molecular weight excluding hydrogens is 194 g/mol. The fourth-order valence-corrected chi connectivity index (χ4v) is 1.14. The second-order valence-corrected chi connectivity index (χ2v) is 3.10. The molecule has 15 heavy (non-hydrogen) atoms. The molecule has 2 aromatic rings. The lowest BCUT2D eigenvalue weighted by Crippen LogP contribution is -2.00. The Kier molecular flexibility index (Phi) is 2.49. The van der Waals surface area contributed by atoms with E-state index in [0.717, 1.165) is 5.69 Å². The summed E-state index contributed by atoms with van der Waals surface area (Å²) in [6.45, 7) is 2.24. The van der Waals surface area contributed by atoms with Gasteiger partial charge in [0.2, 0.25) is 5.89 Å². The van der Waals surface area contributed by atoms with Crippen molar-refractivity contribution in [3.05, 3.63) is 30.2 Å². The van der Waals surface area contributed by atoms with Gasteiger partial charge in [0.15, 0.2) is 5.82 Å². The standard InChI is InChI=1S/C9H11N5O/c1-6-13-9(15-14-6)5-12-8-2-7(10)3-11-4-8/h2-4,12H,5,10H2,1H3. The second kappa shape index (κ2) is 3.95. The van der Waals surface area contributed by atoms with E-state index in [1.807, 2.05) is 0 Å². The predicted octanol–water partition coefficient (Wildman–Crippen LogP) is 0.967. The lowest BCUT2D eigenvalue weighted by atomic mass is 10.4. The number of pyridine rings is 1. The van der Waals surface area contributed by atoms with E-state index in [0.29, 0.717) is 23.9 Å². The van der Waals surface area contributed by atoms with E-state index in [1.165, 1.54) is 0 Å². The number of nitrogens with one attached hydrogen (secondary N) is 1. The van der Waals surface area contributed by atoms with Gasteiger partial charge in [-0.15, -0.1) is 0 Å². The highest BCUT2D eigenvalue weighted by Gasteiger charge is 2.01. The van der Waals surface area contributed by atoms with Crippen molar-refractivity contribution in [2.24, 2.45) is 0 Å². The maximum atomic E-state index is 5.58. The monoisotopic (exact) mass is 205 g/mol. The van der Waals surface area contributed by atoms with Gasteiger partial charge in [0.05, 0.1) is 24.1 Å². The van der Waals surface area contributed by atoms with Crippen LogP contribution in [0.15, 0.2) is 23.0 Å². The summed E-state index contributed by atoms with van der Waals surface area (Å²) < 4.78 is 4.94. The first-order valence-electron chi connectivity index (χ1n) is 4.47. The summed E-state index contributed by atoms with van der Waals surface area (Å²) in [4.78, 5) is 8.00. The average Bonchev–Trinajstić information content (AvgIpc) is 2.62. The van der Waals surface area contributed by atoms with Crippen molar-refractivity contribution >= 4 is 11.4 Å². The van der Waals surface area contributed by atoms with Crippen molar-refractivity contribution in [3.63, 3.8) is 0 Å². The van der Waals surface area contributed by atoms with Crippen LogP contribution in [0.25, 0.3) is 0 Å². The minimum atomic E-state index is 0.464. The minimum absolute atomic E-state index is 0.464. The molecule has 0 aliphatic rings. The number of anilines is 2. The number of hydrogen-bond acceptors (Lipinski definition) is 6. The van der Waals surface area contributed by atoms with Crippen LogP contribution in [0.3, 0.4) is 0 Å². The number of nitrogens with zero attached hydrogens (tertiary/aromatic N) is 3. The third-order valence-corrected chi connectivity index (χ3v) is 1.77. The summed E-state index contributed by atoms with van der Waals surface area (Å²) in [6.07, 6.45) is 3.27. The number of aromatic nitrogens is 3. The maximum absolute atomic E-state index is 5.58. The Bertz CT molecular complexity index is 453. The van der Waals surface area contributed by atoms with E-state index >= 15 is 0 Å². The fourth-order valence-electron chi connectivity index (χ4n) is 1.14. The van der Waals surface area contributed by atoms with Gasteiger partial charge in [-0.1, -0.05) is 5.16 Å². The van der Waals surface area contributed by atoms with Gasteiger partial charge in [-0.2, -0.15) is 4.98 Å². The van der Waals surface area contributed by atoms with Crippen LogP contribution in [0.1, 0.15) is 11.7 Å². The van der Waals surface area contributed by atoms with Crippen LogP contribution in [0, 0.1) is 6.92 Å². The third kappa shape index (κ3) is 2.43. The van der Waals surface area contributed by atoms with Gasteiger partial charge < -0.3 is 15.6 Å². The Morgan fingerprint density at radius 2 is 2.33 bits per heavy atom. The zero-order chi connectivity index (χ0) is 10.7. The van der Waals surface area contributed by atoms with Crippen LogP contribution < -0.4 is 11.1 Å². The van der Waals surface area contributed by atoms with Gasteiger partial charge in [0.1, 0.15) is 0 Å². The molecule has 2 aromatic heterocycles. The molecule has 0 bridgehead atoms. The molecule has 0 spiro atoms. The van der Waals surface area contributed by atoms with Crippen LogP contribution in [0.5, 0.6) is 0 Å². The molecule has 0 fully saturated rings. The van der Waals surface area contributed by atoms with Crippen LogP contribution in [0.4, 0.5) is 11.4 Å². The zero-order valence-electron chi connectivity index (χ0n) is 8.27. The first kappa shape index (κ1) is 9.45. The summed E-state index contributed by atoms with van der Waals surface area (Å²) >= 11 is 0. The Labute approximate surface area is 86.5 Å². The average molecular weight is 205 g/mol. The Hall–Kier alpha value is -2.11. The summed E-state index contributed by atoms with van der Waals surface area (Å²) in [5.41, 5.74) is 7.02. The summed E-state index contributed by atoms with van der Waals surface area (Å²) in [5, 5.41) is 6.76. The van der Waals surface area contributed by atoms with Gasteiger partial charge in [0.25, 0.3) is 0 Å². The van der Waals surface area contributed by atoms with Crippen LogP contribution in [-0.2, 0) is 6.54 Å². The number of aryl methyl sites for hydroxylation is 1. The van der Waals surface area contributed by atoms with Gasteiger partial charge in [-0.25, -0.2) is 0 Å². The van der Waals surface area contributed by atoms with E-state index in [4.69, 9.17) is 10.3 Å². The molecule has 0 saturated carbocycles. The van der Waals surface area contributed by atoms with Crippen LogP contribution >= 0.6 is 0 Å². The molecule has 0 aromatic carbocycles. The second-order valence-electron chi connectivity index (χ2n) is 3.10. The van der Waals surface area contributed by atoms with E-state index in [2.05, 4.69) is 20.4 Å². The maximum Gasteiger partial charge on any atom is 0.245 e. The smallest absolute Gasteiger partial charge is 0.245 e. The first-order chi connectivity index (χ1) is 7.24. The highest BCUT2D eigenvalue weighted by atomic mass is 16.5. The van der Waals surface area contributed by atoms with Gasteiger partial charge in [-0.05, 0) is 13.0 Å². The van der Waals surface area contributed by atoms with E-state index in [1.54, 1.807) is 25.4 Å². The summed E-state index contributed by atoms with van der Waals surface area (Å²) in [6, 6.07) is 1.79.